The van der Waals surface area contributed by atoms with E-state index in [0.29, 0.717) is 20.0 Å². The predicted octanol–water partition coefficient (Wildman–Crippen LogP) is 2.52. The fourth-order valence-electron chi connectivity index (χ4n) is 3.19. The Hall–Kier alpha value is -2.02. The third kappa shape index (κ3) is 11.3. The van der Waals surface area contributed by atoms with Gasteiger partial charge in [-0.25, -0.2) is 13.1 Å². The number of para-hydroxylation sites is 1. The van der Waals surface area contributed by atoms with Crippen LogP contribution in [0.4, 0.5) is 0 Å². The number of rotatable bonds is 1. The molecule has 9 nitrogen and oxygen atoms in total. The first-order valence-electron chi connectivity index (χ1n) is 11.8. The van der Waals surface area contributed by atoms with Crippen molar-refractivity contribution in [2.45, 2.75) is 32.4 Å². The van der Waals surface area contributed by atoms with Crippen LogP contribution in [0.15, 0.2) is 60.7 Å². The third-order valence-corrected chi connectivity index (χ3v) is 7.82. The quantitative estimate of drug-likeness (QED) is 0.134. The molecule has 0 N–H and O–H groups in total. The summed E-state index contributed by atoms with van der Waals surface area (Å²) in [6, 6.07) is 19.7. The number of aryl methyl sites for hydroxylation is 4. The van der Waals surface area contributed by atoms with Gasteiger partial charge in [-0.2, -0.15) is 0 Å². The minimum Gasteiger partial charge on any atom is -0.747 e. The fourth-order valence-corrected chi connectivity index (χ4v) is 4.55. The molecule has 0 bridgehead atoms. The maximum Gasteiger partial charge on any atom is 1.00 e. The van der Waals surface area contributed by atoms with Crippen molar-refractivity contribution in [1.82, 2.24) is 19.9 Å². The molecule has 3 aromatic carbocycles. The van der Waals surface area contributed by atoms with E-state index in [-0.39, 0.29) is 29.6 Å². The fraction of sp³-hybridized carbons (Fsp3) is 0.259. The zero-order chi connectivity index (χ0) is 30.2. The molecule has 4 aromatic rings. The smallest absolute Gasteiger partial charge is 0.747 e. The Kier molecular flexibility index (Phi) is 15.0. The molecule has 1 aliphatic rings. The Morgan fingerprint density at radius 1 is 0.854 bits per heavy atom. The molecule has 1 atom stereocenters. The number of imide groups is 1. The van der Waals surface area contributed by atoms with E-state index < -0.39 is 33.6 Å². The van der Waals surface area contributed by atoms with Gasteiger partial charge in [-0.1, -0.05) is 87.5 Å². The van der Waals surface area contributed by atoms with Crippen molar-refractivity contribution < 1.29 is 52.1 Å². The second kappa shape index (κ2) is 16.6. The Bertz CT molecular complexity index is 1530. The largest absolute Gasteiger partial charge is 1.00 e. The van der Waals surface area contributed by atoms with E-state index in [1.807, 2.05) is 38.2 Å². The molecule has 1 aromatic heterocycles. The van der Waals surface area contributed by atoms with Crippen LogP contribution in [-0.4, -0.2) is 57.0 Å². The first kappa shape index (κ1) is 37.0. The number of hydrogen-bond donors (Lipinski definition) is 0. The summed E-state index contributed by atoms with van der Waals surface area (Å²) < 4.78 is 32.9. The van der Waals surface area contributed by atoms with Crippen LogP contribution in [0.2, 0.25) is 15.1 Å². The van der Waals surface area contributed by atoms with Crippen LogP contribution in [0.5, 0.6) is 0 Å². The molecule has 0 radical (unpaired) electrons. The Morgan fingerprint density at radius 3 is 1.78 bits per heavy atom. The van der Waals surface area contributed by atoms with Crippen molar-refractivity contribution in [2.75, 3.05) is 7.05 Å². The number of hydrogen-bond acceptors (Lipinski definition) is 7. The molecular formula is C27H28Cl3N4NaO5S. The van der Waals surface area contributed by atoms with Crippen molar-refractivity contribution in [1.29, 1.82) is 0 Å². The summed E-state index contributed by atoms with van der Waals surface area (Å²) >= 11 is 17.1. The van der Waals surface area contributed by atoms with Crippen LogP contribution < -0.4 is 29.6 Å². The predicted molar refractivity (Wildman–Crippen MR) is 157 cm³/mol. The molecule has 1 aliphatic heterocycles. The zero-order valence-electron chi connectivity index (χ0n) is 23.4. The average Bonchev–Trinajstić information content (AvgIpc) is 3.40. The van der Waals surface area contributed by atoms with Crippen molar-refractivity contribution in [3.05, 3.63) is 92.4 Å². The van der Waals surface area contributed by atoms with E-state index in [9.17, 15) is 22.6 Å². The topological polar surface area (TPSA) is 125 Å². The van der Waals surface area contributed by atoms with Crippen LogP contribution in [0, 0.1) is 20.8 Å². The van der Waals surface area contributed by atoms with Crippen molar-refractivity contribution in [3.63, 3.8) is 0 Å². The number of likely N-dealkylation sites (tertiary alicyclic amines) is 1. The number of fused-ring (bicyclic) bond motifs is 1. The van der Waals surface area contributed by atoms with Gasteiger partial charge in [-0.05, 0) is 50.6 Å². The monoisotopic (exact) mass is 648 g/mol. The molecule has 1 saturated heterocycles. The number of benzene rings is 3. The van der Waals surface area contributed by atoms with Crippen LogP contribution >= 0.6 is 34.8 Å². The minimum absolute atomic E-state index is 0. The molecule has 1 unspecified atom stereocenters. The summed E-state index contributed by atoms with van der Waals surface area (Å²) in [5.41, 5.74) is 5.62. The van der Waals surface area contributed by atoms with Gasteiger partial charge in [0.15, 0.2) is 0 Å². The third-order valence-electron chi connectivity index (χ3n) is 5.63. The van der Waals surface area contributed by atoms with Gasteiger partial charge in [-0.3, -0.25) is 14.5 Å². The summed E-state index contributed by atoms with van der Waals surface area (Å²) in [6.07, 6.45) is -0.527. The Labute approximate surface area is 276 Å². The summed E-state index contributed by atoms with van der Waals surface area (Å²) in [6.45, 7) is 6.07. The van der Waals surface area contributed by atoms with E-state index in [2.05, 4.69) is 48.4 Å². The van der Waals surface area contributed by atoms with Gasteiger partial charge in [0, 0.05) is 19.1 Å². The number of aromatic nitrogens is 3. The average molecular weight is 650 g/mol. The van der Waals surface area contributed by atoms with E-state index in [0.717, 1.165) is 23.6 Å². The van der Waals surface area contributed by atoms with Crippen LogP contribution in [0.3, 0.4) is 0 Å². The first-order valence-corrected chi connectivity index (χ1v) is 14.4. The van der Waals surface area contributed by atoms with Gasteiger partial charge in [-0.15, -0.1) is 5.10 Å². The Morgan fingerprint density at radius 2 is 1.37 bits per heavy atom. The van der Waals surface area contributed by atoms with Crippen LogP contribution in [-0.2, 0) is 26.8 Å². The number of carbonyl (C=O) groups excluding carboxylic acids is 2. The standard InChI is InChI=1S/C8H10.C7H5Cl3.C7H7N3.C5H7NO5S.Na/c1-7-3-5-8(2)6-4-7;1-4-2-6(9)7(10)3-5(4)8;1-10-7-5-3-2-4-6(7)8-9-10;1-6-4(7)2-3(5(6)8)12(9,10)11;/h3-6H,1-2H3;2-3H,1H3;2-5H,1H3;3H,2H2,1H3,(H,9,10,11);/q;;;;+1/p-1. The van der Waals surface area contributed by atoms with Gasteiger partial charge in [0.2, 0.25) is 11.8 Å². The summed E-state index contributed by atoms with van der Waals surface area (Å²) in [4.78, 5) is 22.3. The SMILES string of the molecule is CN1C(=O)CC(S(=O)(=O)[O-])C1=O.Cc1cc(Cl)c(Cl)cc1Cl.Cc1ccc(C)cc1.Cn1nnc2ccccc21.[Na+]. The molecule has 1 fully saturated rings. The normalized spacial score (nSPS) is 14.2. The molecule has 2 heterocycles. The molecule has 41 heavy (non-hydrogen) atoms. The number of halogens is 3. The maximum atomic E-state index is 10.9. The van der Waals surface area contributed by atoms with E-state index >= 15 is 0 Å². The first-order chi connectivity index (χ1) is 18.6. The molecule has 0 aliphatic carbocycles. The maximum absolute atomic E-state index is 10.9. The Balaban J connectivity index is 0.000000273. The van der Waals surface area contributed by atoms with Crippen molar-refractivity contribution in [3.8, 4) is 0 Å². The second-order valence-corrected chi connectivity index (χ2v) is 11.6. The van der Waals surface area contributed by atoms with Gasteiger partial charge >= 0.3 is 29.6 Å². The summed E-state index contributed by atoms with van der Waals surface area (Å²) in [7, 11) is -1.65. The van der Waals surface area contributed by atoms with Crippen LogP contribution in [0.25, 0.3) is 11.0 Å². The summed E-state index contributed by atoms with van der Waals surface area (Å²) in [5.74, 6) is -1.57. The van der Waals surface area contributed by atoms with Crippen molar-refractivity contribution in [2.24, 2.45) is 7.05 Å². The van der Waals surface area contributed by atoms with Crippen molar-refractivity contribution >= 4 is 67.8 Å². The molecule has 5 rings (SSSR count). The van der Waals surface area contributed by atoms with Gasteiger partial charge in [0.1, 0.15) is 20.9 Å². The van der Waals surface area contributed by atoms with Gasteiger partial charge in [0.05, 0.1) is 22.0 Å². The van der Waals surface area contributed by atoms with E-state index in [4.69, 9.17) is 34.8 Å². The molecule has 14 heteroatoms. The second-order valence-electron chi connectivity index (χ2n) is 8.85. The summed E-state index contributed by atoms with van der Waals surface area (Å²) in [5, 5.41) is 7.77. The molecule has 0 saturated carbocycles. The van der Waals surface area contributed by atoms with Gasteiger partial charge in [0.25, 0.3) is 0 Å². The van der Waals surface area contributed by atoms with Gasteiger partial charge < -0.3 is 4.55 Å². The van der Waals surface area contributed by atoms with E-state index in [1.165, 1.54) is 11.1 Å². The van der Waals surface area contributed by atoms with Crippen LogP contribution in [0.1, 0.15) is 23.1 Å². The molecule has 214 valence electrons. The minimum atomic E-state index is -4.68. The van der Waals surface area contributed by atoms with E-state index in [1.54, 1.807) is 16.8 Å². The molecule has 2 amide bonds. The molecule has 0 spiro atoms. The zero-order valence-corrected chi connectivity index (χ0v) is 28.5. The number of amides is 2. The number of nitrogens with zero attached hydrogens (tertiary/aromatic N) is 4. The molecular weight excluding hydrogens is 622 g/mol. The number of carbonyl (C=O) groups is 2.